The molecule has 0 unspecified atom stereocenters. The van der Waals surface area contributed by atoms with E-state index in [0.717, 1.165) is 30.3 Å². The Morgan fingerprint density at radius 3 is 2.62 bits per heavy atom. The second-order valence-corrected chi connectivity index (χ2v) is 6.99. The van der Waals surface area contributed by atoms with Crippen LogP contribution in [0, 0.1) is 5.92 Å². The Hall–Kier alpha value is -2.38. The van der Waals surface area contributed by atoms with E-state index in [2.05, 4.69) is 11.9 Å². The second kappa shape index (κ2) is 8.82. The Labute approximate surface area is 152 Å². The predicted molar refractivity (Wildman–Crippen MR) is 98.9 cm³/mol. The lowest BCUT2D eigenvalue weighted by Crippen LogP contribution is -2.39. The molecular formula is C18H28N4O4. The molecule has 0 aromatic carbocycles. The first-order chi connectivity index (χ1) is 12.4. The van der Waals surface area contributed by atoms with E-state index >= 15 is 0 Å². The van der Waals surface area contributed by atoms with E-state index in [9.17, 15) is 14.4 Å². The number of rotatable bonds is 9. The summed E-state index contributed by atoms with van der Waals surface area (Å²) in [6.45, 7) is 6.46. The van der Waals surface area contributed by atoms with Gasteiger partial charge in [-0.05, 0) is 12.3 Å². The molecule has 0 spiro atoms. The van der Waals surface area contributed by atoms with Gasteiger partial charge in [-0.3, -0.25) is 23.3 Å². The summed E-state index contributed by atoms with van der Waals surface area (Å²) in [7, 11) is 1.44. The van der Waals surface area contributed by atoms with Crippen LogP contribution in [0.15, 0.2) is 15.9 Å². The van der Waals surface area contributed by atoms with Crippen LogP contribution in [0.5, 0.6) is 0 Å². The molecule has 2 aromatic rings. The molecule has 0 fully saturated rings. The fraction of sp³-hybridized carbons (Fsp3) is 0.667. The molecule has 0 aliphatic carbocycles. The molecule has 0 N–H and O–H groups in total. The number of fused-ring (bicyclic) bond motifs is 1. The van der Waals surface area contributed by atoms with Gasteiger partial charge in [0.15, 0.2) is 17.9 Å². The van der Waals surface area contributed by atoms with Crippen molar-refractivity contribution in [2.75, 3.05) is 0 Å². The SMILES string of the molecule is CCCCCCC(=O)OCn1cnc2c1c(=O)n(C)c(=O)n2CC(C)C. The van der Waals surface area contributed by atoms with Crippen LogP contribution >= 0.6 is 0 Å². The summed E-state index contributed by atoms with van der Waals surface area (Å²) < 4.78 is 9.31. The lowest BCUT2D eigenvalue weighted by Gasteiger charge is -2.12. The third-order valence-corrected chi connectivity index (χ3v) is 4.25. The molecule has 0 radical (unpaired) electrons. The normalized spacial score (nSPS) is 11.4. The number of ether oxygens (including phenoxy) is 1. The van der Waals surface area contributed by atoms with Gasteiger partial charge in [0.1, 0.15) is 6.33 Å². The third kappa shape index (κ3) is 4.42. The molecule has 144 valence electrons. The third-order valence-electron chi connectivity index (χ3n) is 4.25. The van der Waals surface area contributed by atoms with Crippen LogP contribution < -0.4 is 11.2 Å². The molecule has 0 aliphatic heterocycles. The van der Waals surface area contributed by atoms with Crippen LogP contribution in [0.3, 0.4) is 0 Å². The van der Waals surface area contributed by atoms with E-state index in [1.54, 1.807) is 0 Å². The molecule has 0 atom stereocenters. The van der Waals surface area contributed by atoms with Gasteiger partial charge in [0.05, 0.1) is 0 Å². The van der Waals surface area contributed by atoms with Crippen molar-refractivity contribution in [3.05, 3.63) is 27.2 Å². The Kier molecular flexibility index (Phi) is 6.76. The van der Waals surface area contributed by atoms with Crippen molar-refractivity contribution in [1.82, 2.24) is 18.7 Å². The highest BCUT2D eigenvalue weighted by atomic mass is 16.5. The molecular weight excluding hydrogens is 336 g/mol. The van der Waals surface area contributed by atoms with Gasteiger partial charge in [-0.25, -0.2) is 9.78 Å². The zero-order chi connectivity index (χ0) is 19.3. The monoisotopic (exact) mass is 364 g/mol. The number of unbranched alkanes of at least 4 members (excludes halogenated alkanes) is 3. The number of hydrogen-bond acceptors (Lipinski definition) is 5. The fourth-order valence-electron chi connectivity index (χ4n) is 2.84. The summed E-state index contributed by atoms with van der Waals surface area (Å²) in [5.41, 5.74) is -0.242. The molecule has 0 amide bonds. The Balaban J connectivity index is 2.22. The van der Waals surface area contributed by atoms with Crippen molar-refractivity contribution in [1.29, 1.82) is 0 Å². The maximum Gasteiger partial charge on any atom is 0.332 e. The number of nitrogens with zero attached hydrogens (tertiary/aromatic N) is 4. The topological polar surface area (TPSA) is 88.1 Å². The van der Waals surface area contributed by atoms with E-state index in [1.807, 2.05) is 13.8 Å². The van der Waals surface area contributed by atoms with E-state index < -0.39 is 11.2 Å². The highest BCUT2D eigenvalue weighted by Crippen LogP contribution is 2.10. The zero-order valence-electron chi connectivity index (χ0n) is 16.0. The minimum absolute atomic E-state index is 0.0851. The van der Waals surface area contributed by atoms with E-state index in [4.69, 9.17) is 4.74 Å². The number of carbonyl (C=O) groups is 1. The number of imidazole rings is 1. The van der Waals surface area contributed by atoms with Gasteiger partial charge in [0.2, 0.25) is 0 Å². The molecule has 8 nitrogen and oxygen atoms in total. The van der Waals surface area contributed by atoms with Crippen LogP contribution in [-0.2, 0) is 29.9 Å². The van der Waals surface area contributed by atoms with E-state index in [1.165, 1.54) is 22.5 Å². The number of aromatic nitrogens is 4. The van der Waals surface area contributed by atoms with Gasteiger partial charge in [0.25, 0.3) is 5.56 Å². The highest BCUT2D eigenvalue weighted by Gasteiger charge is 2.17. The van der Waals surface area contributed by atoms with Gasteiger partial charge in [0, 0.05) is 20.0 Å². The van der Waals surface area contributed by atoms with Crippen LogP contribution in [0.1, 0.15) is 52.9 Å². The second-order valence-electron chi connectivity index (χ2n) is 6.99. The summed E-state index contributed by atoms with van der Waals surface area (Å²) >= 11 is 0. The van der Waals surface area contributed by atoms with Gasteiger partial charge < -0.3 is 4.74 Å². The summed E-state index contributed by atoms with van der Waals surface area (Å²) in [5, 5.41) is 0. The van der Waals surface area contributed by atoms with Crippen LogP contribution in [0.4, 0.5) is 0 Å². The standard InChI is InChI=1S/C18H28N4O4/c1-5-6-7-8-9-14(23)26-12-21-11-19-16-15(21)17(24)20(4)18(25)22(16)10-13(2)3/h11,13H,5-10,12H2,1-4H3. The molecule has 0 bridgehead atoms. The fourth-order valence-corrected chi connectivity index (χ4v) is 2.84. The minimum atomic E-state index is -0.443. The molecule has 26 heavy (non-hydrogen) atoms. The number of hydrogen-bond donors (Lipinski definition) is 0. The first-order valence-corrected chi connectivity index (χ1v) is 9.17. The van der Waals surface area contributed by atoms with Crippen molar-refractivity contribution < 1.29 is 9.53 Å². The molecule has 2 aromatic heterocycles. The first kappa shape index (κ1) is 19.9. The molecule has 0 saturated heterocycles. The largest absolute Gasteiger partial charge is 0.444 e. The highest BCUT2D eigenvalue weighted by molar-refractivity contribution is 5.71. The van der Waals surface area contributed by atoms with E-state index in [0.29, 0.717) is 18.6 Å². The van der Waals surface area contributed by atoms with Gasteiger partial charge in [-0.15, -0.1) is 0 Å². The molecule has 8 heteroatoms. The minimum Gasteiger partial charge on any atom is -0.444 e. The summed E-state index contributed by atoms with van der Waals surface area (Å²) in [6.07, 6.45) is 5.81. The maximum atomic E-state index is 12.5. The lowest BCUT2D eigenvalue weighted by atomic mass is 10.2. The van der Waals surface area contributed by atoms with Crippen molar-refractivity contribution in [3.63, 3.8) is 0 Å². The average Bonchev–Trinajstić information content (AvgIpc) is 3.02. The Morgan fingerprint density at radius 1 is 1.23 bits per heavy atom. The lowest BCUT2D eigenvalue weighted by molar-refractivity contribution is -0.147. The van der Waals surface area contributed by atoms with Gasteiger partial charge in [-0.2, -0.15) is 0 Å². The van der Waals surface area contributed by atoms with Gasteiger partial charge >= 0.3 is 11.7 Å². The Morgan fingerprint density at radius 2 is 1.96 bits per heavy atom. The van der Waals surface area contributed by atoms with Gasteiger partial charge in [-0.1, -0.05) is 40.0 Å². The van der Waals surface area contributed by atoms with E-state index in [-0.39, 0.29) is 24.1 Å². The summed E-state index contributed by atoms with van der Waals surface area (Å²) in [4.78, 5) is 41.0. The summed E-state index contributed by atoms with van der Waals surface area (Å²) in [6, 6.07) is 0. The van der Waals surface area contributed by atoms with Crippen molar-refractivity contribution in [2.24, 2.45) is 13.0 Å². The van der Waals surface area contributed by atoms with Crippen LogP contribution in [-0.4, -0.2) is 24.7 Å². The van der Waals surface area contributed by atoms with Crippen LogP contribution in [0.2, 0.25) is 0 Å². The molecule has 2 heterocycles. The molecule has 0 saturated carbocycles. The number of esters is 1. The van der Waals surface area contributed by atoms with Crippen molar-refractivity contribution in [3.8, 4) is 0 Å². The van der Waals surface area contributed by atoms with Crippen molar-refractivity contribution >= 4 is 17.1 Å². The quantitative estimate of drug-likeness (QED) is 0.502. The van der Waals surface area contributed by atoms with Crippen LogP contribution in [0.25, 0.3) is 11.2 Å². The average molecular weight is 364 g/mol. The summed E-state index contributed by atoms with van der Waals surface area (Å²) in [5.74, 6) is -0.0743. The number of carbonyl (C=O) groups excluding carboxylic acids is 1. The predicted octanol–water partition coefficient (Wildman–Crippen LogP) is 2.02. The molecule has 2 rings (SSSR count). The first-order valence-electron chi connectivity index (χ1n) is 9.17. The molecule has 0 aliphatic rings. The Bertz CT molecular complexity index is 876. The zero-order valence-corrected chi connectivity index (χ0v) is 16.0. The van der Waals surface area contributed by atoms with Crippen molar-refractivity contribution in [2.45, 2.75) is 66.2 Å². The smallest absolute Gasteiger partial charge is 0.332 e. The maximum absolute atomic E-state index is 12.5.